The lowest BCUT2D eigenvalue weighted by Gasteiger charge is -2.31. The molecule has 3 aromatic carbocycles. The fourth-order valence-corrected chi connectivity index (χ4v) is 5.35. The number of hydrogen-bond acceptors (Lipinski definition) is 3. The van der Waals surface area contributed by atoms with Gasteiger partial charge in [0.1, 0.15) is 11.9 Å². The number of nitrogens with zero attached hydrogens (tertiary/aromatic N) is 1. The van der Waals surface area contributed by atoms with E-state index in [0.29, 0.717) is 28.6 Å². The van der Waals surface area contributed by atoms with Crippen LogP contribution in [0.1, 0.15) is 36.5 Å². The van der Waals surface area contributed by atoms with Crippen LogP contribution < -0.4 is 5.32 Å². The van der Waals surface area contributed by atoms with E-state index in [1.54, 1.807) is 29.2 Å². The molecule has 0 aliphatic carbocycles. The van der Waals surface area contributed by atoms with Crippen LogP contribution in [0.2, 0.25) is 10.0 Å². The highest BCUT2D eigenvalue weighted by molar-refractivity contribution is 7.99. The van der Waals surface area contributed by atoms with E-state index in [0.717, 1.165) is 24.0 Å². The lowest BCUT2D eigenvalue weighted by molar-refractivity contribution is -0.139. The van der Waals surface area contributed by atoms with Crippen LogP contribution in [0.25, 0.3) is 0 Å². The lowest BCUT2D eigenvalue weighted by Crippen LogP contribution is -2.51. The van der Waals surface area contributed by atoms with Crippen LogP contribution in [0.5, 0.6) is 0 Å². The molecule has 0 aliphatic rings. The smallest absolute Gasteiger partial charge is 0.243 e. The number of nitrogens with one attached hydrogen (secondary N) is 1. The molecule has 4 nitrogen and oxygen atoms in total. The molecule has 0 saturated carbocycles. The molecule has 0 unspecified atom stereocenters. The Bertz CT molecular complexity index is 1160. The van der Waals surface area contributed by atoms with Crippen molar-refractivity contribution in [3.63, 3.8) is 0 Å². The average Bonchev–Trinajstić information content (AvgIpc) is 2.88. The molecule has 8 heteroatoms. The summed E-state index contributed by atoms with van der Waals surface area (Å²) in [6, 6.07) is 20.7. The van der Waals surface area contributed by atoms with Gasteiger partial charge in [-0.3, -0.25) is 9.59 Å². The first-order valence-electron chi connectivity index (χ1n) is 12.2. The van der Waals surface area contributed by atoms with Crippen molar-refractivity contribution in [1.82, 2.24) is 10.2 Å². The molecule has 0 aliphatic heterocycles. The quantitative estimate of drug-likeness (QED) is 0.231. The highest BCUT2D eigenvalue weighted by Gasteiger charge is 2.30. The number of carbonyl (C=O) groups is 2. The monoisotopic (exact) mass is 560 g/mol. The van der Waals surface area contributed by atoms with Crippen molar-refractivity contribution in [2.75, 3.05) is 12.3 Å². The number of unbranched alkanes of at least 4 members (excludes halogenated alkanes) is 1. The predicted molar refractivity (Wildman–Crippen MR) is 151 cm³/mol. The van der Waals surface area contributed by atoms with Gasteiger partial charge in [0.25, 0.3) is 0 Å². The van der Waals surface area contributed by atoms with Crippen LogP contribution in [-0.2, 0) is 28.3 Å². The summed E-state index contributed by atoms with van der Waals surface area (Å²) in [4.78, 5) is 28.6. The summed E-state index contributed by atoms with van der Waals surface area (Å²) in [5.74, 6) is -0.508. The van der Waals surface area contributed by atoms with Crippen LogP contribution in [0, 0.1) is 5.82 Å². The number of benzene rings is 3. The molecular weight excluding hydrogens is 530 g/mol. The fourth-order valence-electron chi connectivity index (χ4n) is 3.89. The second-order valence-corrected chi connectivity index (χ2v) is 10.5. The SMILES string of the molecule is CCCCNC(=O)[C@@H](Cc1ccccc1)N(Cc1cccc(Cl)c1)C(=O)CSCc1c(F)cccc1Cl. The Morgan fingerprint density at radius 3 is 2.43 bits per heavy atom. The first kappa shape index (κ1) is 29.0. The zero-order valence-electron chi connectivity index (χ0n) is 20.8. The second kappa shape index (κ2) is 15.0. The minimum atomic E-state index is -0.719. The fraction of sp³-hybridized carbons (Fsp3) is 0.310. The average molecular weight is 562 g/mol. The van der Waals surface area contributed by atoms with Crippen molar-refractivity contribution in [1.29, 1.82) is 0 Å². The van der Waals surface area contributed by atoms with E-state index in [1.807, 2.05) is 42.5 Å². The number of hydrogen-bond donors (Lipinski definition) is 1. The van der Waals surface area contributed by atoms with Crippen molar-refractivity contribution >= 4 is 46.8 Å². The highest BCUT2D eigenvalue weighted by Crippen LogP contribution is 2.25. The third kappa shape index (κ3) is 9.06. The van der Waals surface area contributed by atoms with Crippen molar-refractivity contribution in [2.45, 2.75) is 44.5 Å². The minimum Gasteiger partial charge on any atom is -0.354 e. The number of rotatable bonds is 13. The minimum absolute atomic E-state index is 0.0682. The maximum Gasteiger partial charge on any atom is 0.243 e. The lowest BCUT2D eigenvalue weighted by atomic mass is 10.0. The Morgan fingerprint density at radius 1 is 1.00 bits per heavy atom. The molecule has 0 spiro atoms. The zero-order chi connectivity index (χ0) is 26.6. The molecule has 1 atom stereocenters. The van der Waals surface area contributed by atoms with Crippen molar-refractivity contribution in [3.8, 4) is 0 Å². The van der Waals surface area contributed by atoms with Gasteiger partial charge in [-0.1, -0.05) is 85.1 Å². The Hall–Kier alpha value is -2.54. The summed E-state index contributed by atoms with van der Waals surface area (Å²) in [6.07, 6.45) is 2.17. The van der Waals surface area contributed by atoms with Gasteiger partial charge < -0.3 is 10.2 Å². The molecule has 0 heterocycles. The van der Waals surface area contributed by atoms with Crippen LogP contribution >= 0.6 is 35.0 Å². The van der Waals surface area contributed by atoms with Gasteiger partial charge in [-0.15, -0.1) is 11.8 Å². The summed E-state index contributed by atoms with van der Waals surface area (Å²) >= 11 is 13.6. The summed E-state index contributed by atoms with van der Waals surface area (Å²) in [6.45, 7) is 2.82. The number of thioether (sulfide) groups is 1. The summed E-state index contributed by atoms with van der Waals surface area (Å²) in [7, 11) is 0. The molecule has 0 bridgehead atoms. The molecule has 0 fully saturated rings. The van der Waals surface area contributed by atoms with E-state index in [4.69, 9.17) is 23.2 Å². The molecule has 196 valence electrons. The van der Waals surface area contributed by atoms with Crippen molar-refractivity contribution in [2.24, 2.45) is 0 Å². The third-order valence-corrected chi connectivity index (χ3v) is 7.41. The maximum atomic E-state index is 14.2. The molecule has 3 rings (SSSR count). The third-order valence-electron chi connectivity index (χ3n) is 5.88. The molecule has 2 amide bonds. The van der Waals surface area contributed by atoms with E-state index in [2.05, 4.69) is 12.2 Å². The highest BCUT2D eigenvalue weighted by atomic mass is 35.5. The van der Waals surface area contributed by atoms with Crippen LogP contribution in [-0.4, -0.2) is 35.1 Å². The zero-order valence-corrected chi connectivity index (χ0v) is 23.1. The number of halogens is 3. The van der Waals surface area contributed by atoms with Gasteiger partial charge in [-0.25, -0.2) is 4.39 Å². The van der Waals surface area contributed by atoms with Gasteiger partial charge in [0, 0.05) is 40.9 Å². The Balaban J connectivity index is 1.85. The molecule has 3 aromatic rings. The van der Waals surface area contributed by atoms with E-state index in [9.17, 15) is 14.0 Å². The summed E-state index contributed by atoms with van der Waals surface area (Å²) in [5, 5.41) is 3.88. The van der Waals surface area contributed by atoms with Gasteiger partial charge in [0.05, 0.1) is 5.75 Å². The van der Waals surface area contributed by atoms with Crippen LogP contribution in [0.15, 0.2) is 72.8 Å². The largest absolute Gasteiger partial charge is 0.354 e. The van der Waals surface area contributed by atoms with E-state index in [-0.39, 0.29) is 29.9 Å². The van der Waals surface area contributed by atoms with Gasteiger partial charge in [-0.05, 0) is 41.8 Å². The van der Waals surface area contributed by atoms with E-state index >= 15 is 0 Å². The molecule has 0 radical (unpaired) electrons. The molecule has 37 heavy (non-hydrogen) atoms. The van der Waals surface area contributed by atoms with Crippen molar-refractivity contribution < 1.29 is 14.0 Å². The Morgan fingerprint density at radius 2 is 1.73 bits per heavy atom. The van der Waals surface area contributed by atoms with Crippen molar-refractivity contribution in [3.05, 3.63) is 105 Å². The maximum absolute atomic E-state index is 14.2. The van der Waals surface area contributed by atoms with Gasteiger partial charge in [0.2, 0.25) is 11.8 Å². The van der Waals surface area contributed by atoms with Gasteiger partial charge >= 0.3 is 0 Å². The van der Waals surface area contributed by atoms with Crippen LogP contribution in [0.3, 0.4) is 0 Å². The summed E-state index contributed by atoms with van der Waals surface area (Å²) < 4.78 is 14.2. The molecule has 0 aromatic heterocycles. The molecule has 0 saturated heterocycles. The van der Waals surface area contributed by atoms with Gasteiger partial charge in [-0.2, -0.15) is 0 Å². The normalized spacial score (nSPS) is 11.7. The standard InChI is InChI=1S/C29H31Cl2FN2O2S/c1-2-3-15-33-29(36)27(17-21-9-5-4-6-10-21)34(18-22-11-7-12-23(30)16-22)28(35)20-37-19-24-25(31)13-8-14-26(24)32/h4-14,16,27H,2-3,15,17-20H2,1H3,(H,33,36)/t27-/m1/s1. The predicted octanol–water partition coefficient (Wildman–Crippen LogP) is 6.92. The van der Waals surface area contributed by atoms with E-state index in [1.165, 1.54) is 17.8 Å². The van der Waals surface area contributed by atoms with Gasteiger partial charge in [0.15, 0.2) is 0 Å². The summed E-state index contributed by atoms with van der Waals surface area (Å²) in [5.41, 5.74) is 2.14. The topological polar surface area (TPSA) is 49.4 Å². The number of carbonyl (C=O) groups excluding carboxylic acids is 2. The second-order valence-electron chi connectivity index (χ2n) is 8.69. The Labute approximate surface area is 232 Å². The van der Waals surface area contributed by atoms with Crippen LogP contribution in [0.4, 0.5) is 4.39 Å². The first-order chi connectivity index (χ1) is 17.9. The molecular formula is C29H31Cl2FN2O2S. The first-order valence-corrected chi connectivity index (χ1v) is 14.2. The number of amides is 2. The van der Waals surface area contributed by atoms with E-state index < -0.39 is 11.9 Å². The Kier molecular flexibility index (Phi) is 11.8. The molecule has 1 N–H and O–H groups in total.